The molecular weight excluding hydrogens is 278 g/mol. The SMILES string of the molecule is Cl.O=C(C1CCCOC1)N1CCC(N2CCNCC2)C1. The molecule has 1 N–H and O–H groups in total. The summed E-state index contributed by atoms with van der Waals surface area (Å²) in [7, 11) is 0. The maximum atomic E-state index is 12.4. The van der Waals surface area contributed by atoms with Gasteiger partial charge in [0.15, 0.2) is 0 Å². The molecule has 0 aromatic carbocycles. The molecule has 0 aliphatic carbocycles. The van der Waals surface area contributed by atoms with Crippen molar-refractivity contribution in [3.8, 4) is 0 Å². The number of nitrogens with one attached hydrogen (secondary N) is 1. The lowest BCUT2D eigenvalue weighted by Gasteiger charge is -2.33. The Balaban J connectivity index is 0.00000147. The molecular formula is C14H26ClN3O2. The van der Waals surface area contributed by atoms with Crippen LogP contribution in [0, 0.1) is 5.92 Å². The quantitative estimate of drug-likeness (QED) is 0.799. The van der Waals surface area contributed by atoms with Gasteiger partial charge in [0.05, 0.1) is 12.5 Å². The molecule has 3 fully saturated rings. The Bertz CT molecular complexity index is 318. The highest BCUT2D eigenvalue weighted by Crippen LogP contribution is 2.22. The predicted molar refractivity (Wildman–Crippen MR) is 80.2 cm³/mol. The van der Waals surface area contributed by atoms with E-state index in [1.807, 2.05) is 0 Å². The van der Waals surface area contributed by atoms with Crippen LogP contribution in [0.15, 0.2) is 0 Å². The number of ether oxygens (including phenoxy) is 1. The highest BCUT2D eigenvalue weighted by molar-refractivity contribution is 5.85. The summed E-state index contributed by atoms with van der Waals surface area (Å²) in [5.74, 6) is 0.452. The van der Waals surface area contributed by atoms with Gasteiger partial charge in [-0.25, -0.2) is 0 Å². The summed E-state index contributed by atoms with van der Waals surface area (Å²) in [6.07, 6.45) is 3.18. The Kier molecular flexibility index (Phi) is 6.08. The first-order chi connectivity index (χ1) is 9.34. The lowest BCUT2D eigenvalue weighted by molar-refractivity contribution is -0.138. The van der Waals surface area contributed by atoms with E-state index in [2.05, 4.69) is 15.1 Å². The van der Waals surface area contributed by atoms with Crippen LogP contribution >= 0.6 is 12.4 Å². The number of carbonyl (C=O) groups is 1. The average molecular weight is 304 g/mol. The van der Waals surface area contributed by atoms with Gasteiger partial charge in [-0.15, -0.1) is 12.4 Å². The van der Waals surface area contributed by atoms with Crippen molar-refractivity contribution in [3.63, 3.8) is 0 Å². The van der Waals surface area contributed by atoms with E-state index in [-0.39, 0.29) is 18.3 Å². The van der Waals surface area contributed by atoms with Crippen LogP contribution in [0.1, 0.15) is 19.3 Å². The van der Waals surface area contributed by atoms with E-state index in [0.717, 1.165) is 65.1 Å². The van der Waals surface area contributed by atoms with Crippen LogP contribution in [0.3, 0.4) is 0 Å². The van der Waals surface area contributed by atoms with Gasteiger partial charge in [-0.2, -0.15) is 0 Å². The molecule has 0 spiro atoms. The standard InChI is InChI=1S/C14H25N3O2.ClH/c18-14(12-2-1-9-19-11-12)17-6-3-13(10-17)16-7-4-15-5-8-16;/h12-13,15H,1-11H2;1H. The molecule has 116 valence electrons. The van der Waals surface area contributed by atoms with E-state index in [1.165, 1.54) is 0 Å². The van der Waals surface area contributed by atoms with E-state index in [4.69, 9.17) is 4.74 Å². The second-order valence-electron chi connectivity index (χ2n) is 5.93. The monoisotopic (exact) mass is 303 g/mol. The normalized spacial score (nSPS) is 31.9. The summed E-state index contributed by atoms with van der Waals surface area (Å²) in [6, 6.07) is 0.579. The fraction of sp³-hybridized carbons (Fsp3) is 0.929. The highest BCUT2D eigenvalue weighted by atomic mass is 35.5. The van der Waals surface area contributed by atoms with E-state index in [1.54, 1.807) is 0 Å². The number of carbonyl (C=O) groups excluding carboxylic acids is 1. The van der Waals surface area contributed by atoms with Crippen LogP contribution in [-0.2, 0) is 9.53 Å². The van der Waals surface area contributed by atoms with Crippen molar-refractivity contribution < 1.29 is 9.53 Å². The molecule has 3 rings (SSSR count). The molecule has 3 saturated heterocycles. The summed E-state index contributed by atoms with van der Waals surface area (Å²) in [5, 5.41) is 3.39. The Morgan fingerprint density at radius 1 is 1.15 bits per heavy atom. The maximum absolute atomic E-state index is 12.4. The molecule has 20 heavy (non-hydrogen) atoms. The van der Waals surface area contributed by atoms with E-state index in [9.17, 15) is 4.79 Å². The van der Waals surface area contributed by atoms with Gasteiger partial charge >= 0.3 is 0 Å². The third-order valence-electron chi connectivity index (χ3n) is 4.65. The zero-order valence-corrected chi connectivity index (χ0v) is 12.9. The van der Waals surface area contributed by atoms with Crippen LogP contribution in [0.2, 0.25) is 0 Å². The van der Waals surface area contributed by atoms with Gasteiger partial charge in [-0.1, -0.05) is 0 Å². The van der Waals surface area contributed by atoms with E-state index >= 15 is 0 Å². The number of nitrogens with zero attached hydrogens (tertiary/aromatic N) is 2. The smallest absolute Gasteiger partial charge is 0.228 e. The molecule has 1 amide bonds. The molecule has 0 aromatic heterocycles. The second kappa shape index (κ2) is 7.59. The molecule has 0 aromatic rings. The third-order valence-corrected chi connectivity index (χ3v) is 4.65. The Hall–Kier alpha value is -0.360. The van der Waals surface area contributed by atoms with Crippen LogP contribution in [0.5, 0.6) is 0 Å². The first kappa shape index (κ1) is 16.0. The van der Waals surface area contributed by atoms with E-state index < -0.39 is 0 Å². The van der Waals surface area contributed by atoms with Gasteiger partial charge < -0.3 is 15.0 Å². The van der Waals surface area contributed by atoms with Crippen LogP contribution in [0.4, 0.5) is 0 Å². The van der Waals surface area contributed by atoms with Gasteiger partial charge in [-0.05, 0) is 19.3 Å². The Morgan fingerprint density at radius 2 is 1.95 bits per heavy atom. The number of rotatable bonds is 2. The average Bonchev–Trinajstić information content (AvgIpc) is 2.98. The highest BCUT2D eigenvalue weighted by Gasteiger charge is 2.34. The van der Waals surface area contributed by atoms with Gasteiger partial charge in [0.1, 0.15) is 0 Å². The van der Waals surface area contributed by atoms with Crippen molar-refractivity contribution in [3.05, 3.63) is 0 Å². The van der Waals surface area contributed by atoms with Crippen molar-refractivity contribution in [1.82, 2.24) is 15.1 Å². The first-order valence-electron chi connectivity index (χ1n) is 7.66. The molecule has 5 nitrogen and oxygen atoms in total. The topological polar surface area (TPSA) is 44.8 Å². The molecule has 3 heterocycles. The fourth-order valence-corrected chi connectivity index (χ4v) is 3.48. The van der Waals surface area contributed by atoms with Gasteiger partial charge in [-0.3, -0.25) is 9.69 Å². The molecule has 3 aliphatic rings. The molecule has 3 aliphatic heterocycles. The fourth-order valence-electron chi connectivity index (χ4n) is 3.48. The second-order valence-corrected chi connectivity index (χ2v) is 5.93. The molecule has 0 radical (unpaired) electrons. The van der Waals surface area contributed by atoms with Crippen molar-refractivity contribution in [1.29, 1.82) is 0 Å². The predicted octanol–water partition coefficient (Wildman–Crippen LogP) is 0.341. The minimum atomic E-state index is 0. The molecule has 0 bridgehead atoms. The lowest BCUT2D eigenvalue weighted by Crippen LogP contribution is -2.49. The lowest BCUT2D eigenvalue weighted by atomic mass is 10.0. The number of piperazine rings is 1. The van der Waals surface area contributed by atoms with Crippen molar-refractivity contribution in [2.24, 2.45) is 5.92 Å². The summed E-state index contributed by atoms with van der Waals surface area (Å²) >= 11 is 0. The molecule has 2 unspecified atom stereocenters. The summed E-state index contributed by atoms with van der Waals surface area (Å²) in [4.78, 5) is 17.1. The van der Waals surface area contributed by atoms with Gasteiger partial charge in [0.25, 0.3) is 0 Å². The summed E-state index contributed by atoms with van der Waals surface area (Å²) in [5.41, 5.74) is 0. The van der Waals surface area contributed by atoms with E-state index in [0.29, 0.717) is 18.6 Å². The number of halogens is 1. The van der Waals surface area contributed by atoms with Gasteiger partial charge in [0, 0.05) is 51.9 Å². The third kappa shape index (κ3) is 3.64. The van der Waals surface area contributed by atoms with Crippen molar-refractivity contribution in [2.75, 3.05) is 52.5 Å². The minimum Gasteiger partial charge on any atom is -0.381 e. The van der Waals surface area contributed by atoms with Crippen LogP contribution in [0.25, 0.3) is 0 Å². The van der Waals surface area contributed by atoms with Crippen LogP contribution in [-0.4, -0.2) is 74.2 Å². The Morgan fingerprint density at radius 3 is 2.65 bits per heavy atom. The first-order valence-corrected chi connectivity index (χ1v) is 7.66. The zero-order chi connectivity index (χ0) is 13.1. The number of likely N-dealkylation sites (tertiary alicyclic amines) is 1. The zero-order valence-electron chi connectivity index (χ0n) is 12.1. The summed E-state index contributed by atoms with van der Waals surface area (Å²) in [6.45, 7) is 7.74. The number of hydrogen-bond acceptors (Lipinski definition) is 4. The molecule has 0 saturated carbocycles. The number of hydrogen-bond donors (Lipinski definition) is 1. The van der Waals surface area contributed by atoms with Crippen molar-refractivity contribution in [2.45, 2.75) is 25.3 Å². The number of amides is 1. The largest absolute Gasteiger partial charge is 0.381 e. The van der Waals surface area contributed by atoms with Crippen LogP contribution < -0.4 is 5.32 Å². The Labute approximate surface area is 127 Å². The van der Waals surface area contributed by atoms with Gasteiger partial charge in [0.2, 0.25) is 5.91 Å². The molecule has 6 heteroatoms. The summed E-state index contributed by atoms with van der Waals surface area (Å²) < 4.78 is 5.44. The molecule has 2 atom stereocenters. The minimum absolute atomic E-state index is 0. The van der Waals surface area contributed by atoms with Crippen molar-refractivity contribution >= 4 is 18.3 Å². The maximum Gasteiger partial charge on any atom is 0.228 e.